The van der Waals surface area contributed by atoms with Crippen molar-refractivity contribution in [3.8, 4) is 0 Å². The molecule has 0 atom stereocenters. The van der Waals surface area contributed by atoms with E-state index in [9.17, 15) is 0 Å². The Morgan fingerprint density at radius 1 is 1.60 bits per heavy atom. The second-order valence-electron chi connectivity index (χ2n) is 1.41. The van der Waals surface area contributed by atoms with Gasteiger partial charge < -0.3 is 4.80 Å². The van der Waals surface area contributed by atoms with Gasteiger partial charge in [-0.05, 0) is 13.1 Å². The topological polar surface area (TPSA) is 20.2 Å². The van der Waals surface area contributed by atoms with Crippen molar-refractivity contribution in [1.82, 2.24) is 0 Å². The van der Waals surface area contributed by atoms with Crippen molar-refractivity contribution >= 4 is 22.2 Å². The van der Waals surface area contributed by atoms with Crippen molar-refractivity contribution in [2.45, 2.75) is 13.1 Å². The van der Waals surface area contributed by atoms with E-state index in [1.54, 1.807) is 13.1 Å². The predicted molar refractivity (Wildman–Crippen MR) is 28.6 cm³/mol. The maximum Gasteiger partial charge on any atom is 0.254 e. The summed E-state index contributed by atoms with van der Waals surface area (Å²) in [4.78, 5) is 8.58. The second kappa shape index (κ2) is 1.41. The van der Waals surface area contributed by atoms with Crippen LogP contribution < -0.4 is 0 Å². The average molecular weight is 155 g/mol. The highest BCUT2D eigenvalue weighted by Gasteiger charge is 2.07. The van der Waals surface area contributed by atoms with Gasteiger partial charge in [0.15, 0.2) is 0 Å². The fourth-order valence-corrected chi connectivity index (χ4v) is 0. The van der Waals surface area contributed by atoms with Gasteiger partial charge in [0, 0.05) is 0 Å². The van der Waals surface area contributed by atoms with E-state index in [1.807, 2.05) is 0 Å². The summed E-state index contributed by atoms with van der Waals surface area (Å²) >= 11 is 3.07. The Balaban J connectivity index is 3.02. The molecule has 0 bridgehead atoms. The third-order valence-corrected chi connectivity index (χ3v) is 0. The summed E-state index contributed by atoms with van der Waals surface area (Å²) in [6.07, 6.45) is 0. The van der Waals surface area contributed by atoms with Crippen molar-refractivity contribution < 1.29 is 4.80 Å². The van der Waals surface area contributed by atoms with E-state index in [-0.39, 0.29) is 0 Å². The van der Waals surface area contributed by atoms with Crippen LogP contribution in [0.4, 0.5) is 0 Å². The number of halogens is 1. The highest BCUT2D eigenvalue weighted by Crippen LogP contribution is 2.02. The molecule has 5 heavy (non-hydrogen) atoms. The van der Waals surface area contributed by atoms with E-state index in [1.165, 1.54) is 0 Å². The van der Waals surface area contributed by atoms with Gasteiger partial charge in [-0.15, -0.1) is 0 Å². The van der Waals surface area contributed by atoms with E-state index < -0.39 is 6.94 Å². The van der Waals surface area contributed by atoms with Gasteiger partial charge in [-0.2, -0.15) is 0 Å². The molecule has 0 heterocycles. The molecule has 0 fully saturated rings. The smallest absolute Gasteiger partial charge is 0.254 e. The summed E-state index contributed by atoms with van der Waals surface area (Å²) in [5.74, 6) is 0. The van der Waals surface area contributed by atoms with Crippen LogP contribution in [0.2, 0.25) is 13.1 Å². The molecule has 32 valence electrons. The zero-order valence-corrected chi connectivity index (χ0v) is 5.91. The zero-order chi connectivity index (χ0) is 4.50. The van der Waals surface area contributed by atoms with Gasteiger partial charge in [0.2, 0.25) is 0 Å². The van der Waals surface area contributed by atoms with Gasteiger partial charge in [0.25, 0.3) is 6.94 Å². The fourth-order valence-electron chi connectivity index (χ4n) is 0. The predicted octanol–water partition coefficient (Wildman–Crippen LogP) is 1.08. The van der Waals surface area contributed by atoms with Gasteiger partial charge in [-0.1, -0.05) is 15.3 Å². The molecule has 0 radical (unpaired) electrons. The average Bonchev–Trinajstić information content (AvgIpc) is 0.722. The van der Waals surface area contributed by atoms with Crippen LogP contribution in [0, 0.1) is 0 Å². The summed E-state index contributed by atoms with van der Waals surface area (Å²) in [5.41, 5.74) is 0. The van der Waals surface area contributed by atoms with Crippen molar-refractivity contribution in [2.75, 3.05) is 0 Å². The number of hydrogen-bond donors (Lipinski definition) is 1. The van der Waals surface area contributed by atoms with Crippen molar-refractivity contribution in [3.05, 3.63) is 0 Å². The van der Waals surface area contributed by atoms with Gasteiger partial charge in [-0.25, -0.2) is 0 Å². The summed E-state index contributed by atoms with van der Waals surface area (Å²) in [6, 6.07) is 0. The minimum atomic E-state index is -1.80. The molecule has 0 amide bonds. The molecule has 0 aromatic heterocycles. The zero-order valence-electron chi connectivity index (χ0n) is 3.33. The molecule has 0 saturated carbocycles. The Hall–Kier alpha value is 0.657. The van der Waals surface area contributed by atoms with Crippen LogP contribution in [0.3, 0.4) is 0 Å². The lowest BCUT2D eigenvalue weighted by atomic mass is 11.9. The SMILES string of the molecule is C[Si](C)(O)Br. The van der Waals surface area contributed by atoms with Crippen LogP contribution in [-0.2, 0) is 0 Å². The fraction of sp³-hybridized carbons (Fsp3) is 1.00. The molecular weight excluding hydrogens is 148 g/mol. The first-order chi connectivity index (χ1) is 2.00. The molecule has 0 aliphatic carbocycles. The van der Waals surface area contributed by atoms with E-state index in [4.69, 9.17) is 4.80 Å². The van der Waals surface area contributed by atoms with E-state index in [0.29, 0.717) is 0 Å². The highest BCUT2D eigenvalue weighted by atomic mass is 79.9. The Bertz CT molecular complexity index is 25.1. The Morgan fingerprint density at radius 3 is 1.60 bits per heavy atom. The van der Waals surface area contributed by atoms with E-state index in [0.717, 1.165) is 0 Å². The van der Waals surface area contributed by atoms with Gasteiger partial charge >= 0.3 is 0 Å². The van der Waals surface area contributed by atoms with Gasteiger partial charge in [-0.3, -0.25) is 0 Å². The quantitative estimate of drug-likeness (QED) is 0.410. The van der Waals surface area contributed by atoms with Crippen LogP contribution in [-0.4, -0.2) is 11.7 Å². The van der Waals surface area contributed by atoms with Crippen molar-refractivity contribution in [1.29, 1.82) is 0 Å². The van der Waals surface area contributed by atoms with Gasteiger partial charge in [0.1, 0.15) is 0 Å². The van der Waals surface area contributed by atoms with Crippen LogP contribution >= 0.6 is 15.3 Å². The third-order valence-electron chi connectivity index (χ3n) is 0. The van der Waals surface area contributed by atoms with Crippen LogP contribution in [0.15, 0.2) is 0 Å². The second-order valence-corrected chi connectivity index (χ2v) is 10.1. The maximum absolute atomic E-state index is 8.58. The first kappa shape index (κ1) is 5.66. The molecule has 3 heteroatoms. The molecule has 0 rings (SSSR count). The first-order valence-electron chi connectivity index (χ1n) is 1.41. The maximum atomic E-state index is 8.58. The summed E-state index contributed by atoms with van der Waals surface area (Å²) < 4.78 is 0. The molecule has 0 aliphatic rings. The lowest BCUT2D eigenvalue weighted by Crippen LogP contribution is -2.12. The Labute approximate surface area is 40.7 Å². The molecule has 0 spiro atoms. The molecule has 0 saturated heterocycles. The van der Waals surface area contributed by atoms with E-state index in [2.05, 4.69) is 15.3 Å². The van der Waals surface area contributed by atoms with Crippen molar-refractivity contribution in [2.24, 2.45) is 0 Å². The number of hydrogen-bond acceptors (Lipinski definition) is 1. The van der Waals surface area contributed by atoms with Crippen molar-refractivity contribution in [3.63, 3.8) is 0 Å². The van der Waals surface area contributed by atoms with Crippen LogP contribution in [0.5, 0.6) is 0 Å². The van der Waals surface area contributed by atoms with Crippen LogP contribution in [0.25, 0.3) is 0 Å². The largest absolute Gasteiger partial charge is 0.423 e. The summed E-state index contributed by atoms with van der Waals surface area (Å²) in [7, 11) is 0. The third kappa shape index (κ3) is 76.2. The lowest BCUT2D eigenvalue weighted by molar-refractivity contribution is 0.581. The number of rotatable bonds is 0. The Kier molecular flexibility index (Phi) is 1.59. The van der Waals surface area contributed by atoms with Gasteiger partial charge in [0.05, 0.1) is 0 Å². The van der Waals surface area contributed by atoms with E-state index >= 15 is 0 Å². The first-order valence-corrected chi connectivity index (χ1v) is 6.62. The molecule has 0 aliphatic heterocycles. The normalized spacial score (nSPS) is 12.0. The Morgan fingerprint density at radius 2 is 1.60 bits per heavy atom. The molecule has 1 N–H and O–H groups in total. The molecular formula is C2H7BrOSi. The van der Waals surface area contributed by atoms with Crippen LogP contribution in [0.1, 0.15) is 0 Å². The minimum Gasteiger partial charge on any atom is -0.423 e. The molecule has 1 nitrogen and oxygen atoms in total. The minimum absolute atomic E-state index is 1.80. The highest BCUT2D eigenvalue weighted by molar-refractivity contribution is 9.25. The molecule has 0 unspecified atom stereocenters. The summed E-state index contributed by atoms with van der Waals surface area (Å²) in [6.45, 7) is 1.80. The molecule has 0 aromatic rings. The molecule has 0 aromatic carbocycles. The standard InChI is InChI=1S/C2H7BrOSi/c1-5(2,3)4/h4H,1-2H3. The lowest BCUT2D eigenvalue weighted by Gasteiger charge is -1.96. The summed E-state index contributed by atoms with van der Waals surface area (Å²) in [5, 5.41) is 0. The monoisotopic (exact) mass is 154 g/mol.